The Bertz CT molecular complexity index is 313. The third-order valence-corrected chi connectivity index (χ3v) is 2.61. The maximum Gasteiger partial charge on any atom is 0.0404 e. The number of nitrogens with one attached hydrogen (secondary N) is 1. The van der Waals surface area contributed by atoms with Gasteiger partial charge in [0.25, 0.3) is 0 Å². The predicted octanol–water partition coefficient (Wildman–Crippen LogP) is 2.41. The molecule has 86 valence electrons. The summed E-state index contributed by atoms with van der Waals surface area (Å²) in [7, 11) is 0. The predicted molar refractivity (Wildman–Crippen MR) is 68.1 cm³/mol. The van der Waals surface area contributed by atoms with E-state index in [9.17, 15) is 0 Å². The van der Waals surface area contributed by atoms with Gasteiger partial charge in [-0.05, 0) is 37.9 Å². The highest BCUT2D eigenvalue weighted by molar-refractivity contribution is 5.03. The Kier molecular flexibility index (Phi) is 6.29. The Hall–Kier alpha value is -1.33. The van der Waals surface area contributed by atoms with Gasteiger partial charge in [-0.15, -0.1) is 12.3 Å². The van der Waals surface area contributed by atoms with Crippen molar-refractivity contribution in [1.29, 1.82) is 0 Å². The Morgan fingerprint density at radius 1 is 1.44 bits per heavy atom. The summed E-state index contributed by atoms with van der Waals surface area (Å²) in [5, 5.41) is 3.46. The van der Waals surface area contributed by atoms with Crippen LogP contribution in [0.5, 0.6) is 0 Å². The highest BCUT2D eigenvalue weighted by Crippen LogP contribution is 2.06. The molecule has 1 N–H and O–H groups in total. The van der Waals surface area contributed by atoms with Crippen LogP contribution >= 0.6 is 0 Å². The summed E-state index contributed by atoms with van der Waals surface area (Å²) in [5.41, 5.74) is 1.16. The molecule has 0 aliphatic carbocycles. The fourth-order valence-corrected chi connectivity index (χ4v) is 1.76. The summed E-state index contributed by atoms with van der Waals surface area (Å²) in [4.78, 5) is 4.32. The van der Waals surface area contributed by atoms with Crippen LogP contribution < -0.4 is 5.32 Å². The Morgan fingerprint density at radius 2 is 2.31 bits per heavy atom. The molecule has 0 saturated carbocycles. The van der Waals surface area contributed by atoms with Gasteiger partial charge in [0.05, 0.1) is 0 Å². The molecule has 1 unspecified atom stereocenters. The second-order valence-corrected chi connectivity index (χ2v) is 3.86. The molecule has 2 heteroatoms. The number of aryl methyl sites for hydroxylation is 1. The average molecular weight is 216 g/mol. The van der Waals surface area contributed by atoms with Crippen LogP contribution in [0.1, 0.15) is 31.9 Å². The van der Waals surface area contributed by atoms with E-state index in [4.69, 9.17) is 6.42 Å². The van der Waals surface area contributed by atoms with E-state index in [1.807, 2.05) is 18.3 Å². The molecule has 1 aromatic rings. The Balaban J connectivity index is 2.35. The van der Waals surface area contributed by atoms with Crippen molar-refractivity contribution in [3.05, 3.63) is 30.1 Å². The van der Waals surface area contributed by atoms with Gasteiger partial charge in [0.2, 0.25) is 0 Å². The second-order valence-electron chi connectivity index (χ2n) is 3.86. The fraction of sp³-hybridized carbons (Fsp3) is 0.500. The van der Waals surface area contributed by atoms with E-state index in [0.717, 1.165) is 37.9 Å². The number of terminal acetylenes is 1. The number of pyridine rings is 1. The number of hydrogen-bond acceptors (Lipinski definition) is 2. The molecular formula is C14H20N2. The van der Waals surface area contributed by atoms with Crippen molar-refractivity contribution in [2.75, 3.05) is 6.54 Å². The lowest BCUT2D eigenvalue weighted by Crippen LogP contribution is -2.29. The summed E-state index contributed by atoms with van der Waals surface area (Å²) in [6.45, 7) is 3.13. The molecule has 0 amide bonds. The van der Waals surface area contributed by atoms with Crippen LogP contribution in [0.15, 0.2) is 24.4 Å². The van der Waals surface area contributed by atoms with Gasteiger partial charge >= 0.3 is 0 Å². The second kappa shape index (κ2) is 7.90. The number of nitrogens with zero attached hydrogens (tertiary/aromatic N) is 1. The maximum atomic E-state index is 5.29. The minimum absolute atomic E-state index is 0.517. The molecule has 0 aliphatic heterocycles. The van der Waals surface area contributed by atoms with Crippen molar-refractivity contribution in [2.24, 2.45) is 0 Å². The largest absolute Gasteiger partial charge is 0.314 e. The van der Waals surface area contributed by atoms with E-state index in [1.165, 1.54) is 0 Å². The molecule has 0 aromatic carbocycles. The van der Waals surface area contributed by atoms with Crippen LogP contribution in [0.2, 0.25) is 0 Å². The van der Waals surface area contributed by atoms with Crippen LogP contribution in [0, 0.1) is 12.3 Å². The maximum absolute atomic E-state index is 5.29. The molecule has 0 fully saturated rings. The summed E-state index contributed by atoms with van der Waals surface area (Å²) >= 11 is 0. The fourth-order valence-electron chi connectivity index (χ4n) is 1.76. The molecule has 0 spiro atoms. The first-order chi connectivity index (χ1) is 7.86. The van der Waals surface area contributed by atoms with Crippen molar-refractivity contribution in [3.8, 4) is 12.3 Å². The SMILES string of the molecule is C#CCCC(CCc1ccccn1)NCC. The van der Waals surface area contributed by atoms with Gasteiger partial charge in [0.1, 0.15) is 0 Å². The number of rotatable bonds is 7. The Morgan fingerprint density at radius 3 is 2.94 bits per heavy atom. The highest BCUT2D eigenvalue weighted by atomic mass is 14.9. The van der Waals surface area contributed by atoms with Crippen molar-refractivity contribution >= 4 is 0 Å². The molecular weight excluding hydrogens is 196 g/mol. The smallest absolute Gasteiger partial charge is 0.0404 e. The van der Waals surface area contributed by atoms with E-state index in [0.29, 0.717) is 6.04 Å². The van der Waals surface area contributed by atoms with Gasteiger partial charge in [-0.25, -0.2) is 0 Å². The van der Waals surface area contributed by atoms with Crippen LogP contribution in [-0.2, 0) is 6.42 Å². The zero-order valence-electron chi connectivity index (χ0n) is 9.95. The average Bonchev–Trinajstić information content (AvgIpc) is 2.34. The third kappa shape index (κ3) is 4.95. The lowest BCUT2D eigenvalue weighted by atomic mass is 10.0. The van der Waals surface area contributed by atoms with Crippen LogP contribution in [0.4, 0.5) is 0 Å². The normalized spacial score (nSPS) is 12.0. The Labute approximate surface area is 98.5 Å². The zero-order chi connectivity index (χ0) is 11.6. The first-order valence-electron chi connectivity index (χ1n) is 5.93. The van der Waals surface area contributed by atoms with E-state index >= 15 is 0 Å². The van der Waals surface area contributed by atoms with Gasteiger partial charge in [-0.2, -0.15) is 0 Å². The molecule has 16 heavy (non-hydrogen) atoms. The van der Waals surface area contributed by atoms with Gasteiger partial charge in [-0.1, -0.05) is 13.0 Å². The van der Waals surface area contributed by atoms with E-state index in [1.54, 1.807) is 0 Å². The summed E-state index contributed by atoms with van der Waals surface area (Å²) < 4.78 is 0. The van der Waals surface area contributed by atoms with Gasteiger partial charge in [0, 0.05) is 24.4 Å². The summed E-state index contributed by atoms with van der Waals surface area (Å²) in [5.74, 6) is 2.70. The van der Waals surface area contributed by atoms with Crippen LogP contribution in [0.3, 0.4) is 0 Å². The minimum Gasteiger partial charge on any atom is -0.314 e. The van der Waals surface area contributed by atoms with Crippen molar-refractivity contribution < 1.29 is 0 Å². The highest BCUT2D eigenvalue weighted by Gasteiger charge is 2.06. The van der Waals surface area contributed by atoms with E-state index < -0.39 is 0 Å². The van der Waals surface area contributed by atoms with Crippen LogP contribution in [0.25, 0.3) is 0 Å². The monoisotopic (exact) mass is 216 g/mol. The molecule has 0 saturated heterocycles. The van der Waals surface area contributed by atoms with Crippen LogP contribution in [-0.4, -0.2) is 17.6 Å². The van der Waals surface area contributed by atoms with Gasteiger partial charge in [0.15, 0.2) is 0 Å². The first kappa shape index (κ1) is 12.7. The van der Waals surface area contributed by atoms with Gasteiger partial charge < -0.3 is 5.32 Å². The number of hydrogen-bond donors (Lipinski definition) is 1. The molecule has 1 rings (SSSR count). The van der Waals surface area contributed by atoms with E-state index in [2.05, 4.69) is 29.2 Å². The topological polar surface area (TPSA) is 24.9 Å². The summed E-state index contributed by atoms with van der Waals surface area (Å²) in [6.07, 6.45) is 11.2. The van der Waals surface area contributed by atoms with Crippen molar-refractivity contribution in [3.63, 3.8) is 0 Å². The van der Waals surface area contributed by atoms with Crippen molar-refractivity contribution in [2.45, 2.75) is 38.6 Å². The minimum atomic E-state index is 0.517. The first-order valence-corrected chi connectivity index (χ1v) is 5.93. The molecule has 1 aromatic heterocycles. The molecule has 1 heterocycles. The lowest BCUT2D eigenvalue weighted by Gasteiger charge is -2.16. The van der Waals surface area contributed by atoms with Gasteiger partial charge in [-0.3, -0.25) is 4.98 Å². The standard InChI is InChI=1S/C14H20N2/c1-3-5-8-13(15-4-2)10-11-14-9-6-7-12-16-14/h1,6-7,9,12-13,15H,4-5,8,10-11H2,2H3. The molecule has 1 atom stereocenters. The molecule has 0 aliphatic rings. The molecule has 0 radical (unpaired) electrons. The quantitative estimate of drug-likeness (QED) is 0.708. The zero-order valence-corrected chi connectivity index (χ0v) is 9.95. The number of aromatic nitrogens is 1. The lowest BCUT2D eigenvalue weighted by molar-refractivity contribution is 0.468. The molecule has 0 bridgehead atoms. The third-order valence-electron chi connectivity index (χ3n) is 2.61. The summed E-state index contributed by atoms with van der Waals surface area (Å²) in [6, 6.07) is 6.57. The van der Waals surface area contributed by atoms with E-state index in [-0.39, 0.29) is 0 Å². The molecule has 2 nitrogen and oxygen atoms in total. The van der Waals surface area contributed by atoms with Crippen molar-refractivity contribution in [1.82, 2.24) is 10.3 Å².